The quantitative estimate of drug-likeness (QED) is 0.519. The highest BCUT2D eigenvalue weighted by molar-refractivity contribution is 7.80. The predicted octanol–water partition coefficient (Wildman–Crippen LogP) is 2.87. The average molecular weight is 302 g/mol. The van der Waals surface area contributed by atoms with Crippen molar-refractivity contribution in [3.8, 4) is 28.6 Å². The zero-order valence-electron chi connectivity index (χ0n) is 10.6. The van der Waals surface area contributed by atoms with E-state index in [9.17, 15) is 20.1 Å². The van der Waals surface area contributed by atoms with E-state index in [-0.39, 0.29) is 22.5 Å². The van der Waals surface area contributed by atoms with E-state index in [0.29, 0.717) is 5.56 Å². The molecule has 0 aliphatic rings. The van der Waals surface area contributed by atoms with Crippen molar-refractivity contribution < 1.29 is 19.7 Å². The summed E-state index contributed by atoms with van der Waals surface area (Å²) in [6.45, 7) is 0. The Morgan fingerprint density at radius 2 is 1.67 bits per heavy atom. The molecular weight excluding hydrogens is 292 g/mol. The van der Waals surface area contributed by atoms with Crippen molar-refractivity contribution in [2.45, 2.75) is 4.90 Å². The molecule has 0 aliphatic heterocycles. The number of benzene rings is 2. The molecule has 0 unspecified atom stereocenters. The molecule has 3 aromatic rings. The van der Waals surface area contributed by atoms with Gasteiger partial charge in [-0.1, -0.05) is 0 Å². The third kappa shape index (κ3) is 2.19. The van der Waals surface area contributed by atoms with E-state index < -0.39 is 16.9 Å². The van der Waals surface area contributed by atoms with Crippen LogP contribution in [0.4, 0.5) is 0 Å². The van der Waals surface area contributed by atoms with Gasteiger partial charge < -0.3 is 19.7 Å². The Balaban J connectivity index is 2.37. The Hall–Kier alpha value is -2.60. The smallest absolute Gasteiger partial charge is 0.238 e. The molecule has 0 saturated carbocycles. The fourth-order valence-corrected chi connectivity index (χ4v) is 2.23. The summed E-state index contributed by atoms with van der Waals surface area (Å²) in [5.41, 5.74) is -0.300. The summed E-state index contributed by atoms with van der Waals surface area (Å²) >= 11 is 4.16. The second-order valence-corrected chi connectivity index (χ2v) is 5.01. The molecule has 6 heteroatoms. The highest BCUT2D eigenvalue weighted by Gasteiger charge is 2.18. The Morgan fingerprint density at radius 1 is 1.00 bits per heavy atom. The van der Waals surface area contributed by atoms with Crippen molar-refractivity contribution in [1.29, 1.82) is 0 Å². The minimum atomic E-state index is -0.765. The molecule has 106 valence electrons. The molecule has 0 amide bonds. The van der Waals surface area contributed by atoms with E-state index in [1.165, 1.54) is 6.07 Å². The van der Waals surface area contributed by atoms with Crippen LogP contribution in [0, 0.1) is 0 Å². The summed E-state index contributed by atoms with van der Waals surface area (Å²) in [6, 6.07) is 8.84. The van der Waals surface area contributed by atoms with Crippen molar-refractivity contribution in [1.82, 2.24) is 0 Å². The van der Waals surface area contributed by atoms with E-state index >= 15 is 0 Å². The van der Waals surface area contributed by atoms with Crippen LogP contribution in [0.2, 0.25) is 0 Å². The Morgan fingerprint density at radius 3 is 2.33 bits per heavy atom. The fraction of sp³-hybridized carbons (Fsp3) is 0. The molecule has 3 N–H and O–H groups in total. The number of rotatable bonds is 1. The summed E-state index contributed by atoms with van der Waals surface area (Å²) in [4.78, 5) is 12.9. The molecule has 1 aromatic heterocycles. The second kappa shape index (κ2) is 4.75. The first-order valence-corrected chi connectivity index (χ1v) is 6.43. The van der Waals surface area contributed by atoms with Crippen LogP contribution in [-0.4, -0.2) is 15.3 Å². The largest absolute Gasteiger partial charge is 0.508 e. The van der Waals surface area contributed by atoms with Gasteiger partial charge in [-0.15, -0.1) is 12.6 Å². The molecular formula is C15H10O5S. The maximum atomic E-state index is 12.2. The summed E-state index contributed by atoms with van der Waals surface area (Å²) in [5, 5.41) is 29.0. The highest BCUT2D eigenvalue weighted by atomic mass is 32.1. The maximum absolute atomic E-state index is 12.2. The van der Waals surface area contributed by atoms with Crippen molar-refractivity contribution in [3.63, 3.8) is 0 Å². The van der Waals surface area contributed by atoms with Crippen LogP contribution in [0.15, 0.2) is 50.5 Å². The van der Waals surface area contributed by atoms with E-state index in [2.05, 4.69) is 12.6 Å². The van der Waals surface area contributed by atoms with Gasteiger partial charge in [-0.05, 0) is 24.3 Å². The zero-order chi connectivity index (χ0) is 15.1. The molecule has 1 heterocycles. The first kappa shape index (κ1) is 13.4. The van der Waals surface area contributed by atoms with Crippen LogP contribution in [0.3, 0.4) is 0 Å². The SMILES string of the molecule is O=c1c(O)c(-c2ccc(S)cc2)oc2cc(O)cc(O)c12. The lowest BCUT2D eigenvalue weighted by Gasteiger charge is -2.07. The molecule has 2 aromatic carbocycles. The molecule has 0 fully saturated rings. The first-order chi connectivity index (χ1) is 9.97. The lowest BCUT2D eigenvalue weighted by atomic mass is 10.1. The zero-order valence-corrected chi connectivity index (χ0v) is 11.5. The van der Waals surface area contributed by atoms with Gasteiger partial charge in [-0.2, -0.15) is 0 Å². The lowest BCUT2D eigenvalue weighted by Crippen LogP contribution is -2.02. The summed E-state index contributed by atoms with van der Waals surface area (Å²) in [7, 11) is 0. The summed E-state index contributed by atoms with van der Waals surface area (Å²) in [6.07, 6.45) is 0. The van der Waals surface area contributed by atoms with Crippen LogP contribution < -0.4 is 5.43 Å². The van der Waals surface area contributed by atoms with Gasteiger partial charge in [-0.3, -0.25) is 4.79 Å². The van der Waals surface area contributed by atoms with E-state index in [1.54, 1.807) is 24.3 Å². The molecule has 0 bridgehead atoms. The predicted molar refractivity (Wildman–Crippen MR) is 80.2 cm³/mol. The third-order valence-corrected chi connectivity index (χ3v) is 3.36. The third-order valence-electron chi connectivity index (χ3n) is 3.06. The number of phenolic OH excluding ortho intramolecular Hbond substituents is 2. The number of aromatic hydroxyl groups is 3. The van der Waals surface area contributed by atoms with E-state index in [0.717, 1.165) is 11.0 Å². The van der Waals surface area contributed by atoms with Gasteiger partial charge in [0, 0.05) is 22.6 Å². The Labute approximate surface area is 124 Å². The second-order valence-electron chi connectivity index (χ2n) is 4.49. The van der Waals surface area contributed by atoms with Gasteiger partial charge in [0.2, 0.25) is 11.2 Å². The molecule has 0 aliphatic carbocycles. The van der Waals surface area contributed by atoms with Crippen molar-refractivity contribution in [3.05, 3.63) is 46.6 Å². The molecule has 0 atom stereocenters. The Bertz CT molecular complexity index is 897. The van der Waals surface area contributed by atoms with Crippen LogP contribution >= 0.6 is 12.6 Å². The normalized spacial score (nSPS) is 10.9. The van der Waals surface area contributed by atoms with Gasteiger partial charge in [0.05, 0.1) is 0 Å². The molecule has 21 heavy (non-hydrogen) atoms. The number of thiol groups is 1. The average Bonchev–Trinajstić information content (AvgIpc) is 2.43. The van der Waals surface area contributed by atoms with Crippen molar-refractivity contribution in [2.75, 3.05) is 0 Å². The van der Waals surface area contributed by atoms with Gasteiger partial charge in [0.25, 0.3) is 0 Å². The van der Waals surface area contributed by atoms with Crippen LogP contribution in [0.1, 0.15) is 0 Å². The van der Waals surface area contributed by atoms with Gasteiger partial charge in [0.1, 0.15) is 22.5 Å². The van der Waals surface area contributed by atoms with Gasteiger partial charge >= 0.3 is 0 Å². The van der Waals surface area contributed by atoms with E-state index in [4.69, 9.17) is 4.42 Å². The molecule has 3 rings (SSSR count). The first-order valence-electron chi connectivity index (χ1n) is 5.98. The lowest BCUT2D eigenvalue weighted by molar-refractivity contribution is 0.438. The van der Waals surface area contributed by atoms with Crippen LogP contribution in [-0.2, 0) is 0 Å². The molecule has 0 saturated heterocycles. The highest BCUT2D eigenvalue weighted by Crippen LogP contribution is 2.35. The minimum Gasteiger partial charge on any atom is -0.508 e. The maximum Gasteiger partial charge on any atom is 0.238 e. The van der Waals surface area contributed by atoms with Crippen LogP contribution in [0.25, 0.3) is 22.3 Å². The number of phenols is 2. The number of fused-ring (bicyclic) bond motifs is 1. The summed E-state index contributed by atoms with van der Waals surface area (Å²) in [5.74, 6) is -1.34. The molecule has 0 radical (unpaired) electrons. The molecule has 0 spiro atoms. The number of hydrogen-bond acceptors (Lipinski definition) is 6. The van der Waals surface area contributed by atoms with E-state index in [1.807, 2.05) is 0 Å². The summed E-state index contributed by atoms with van der Waals surface area (Å²) < 4.78 is 5.47. The van der Waals surface area contributed by atoms with Crippen LogP contribution in [0.5, 0.6) is 17.2 Å². The molecule has 5 nitrogen and oxygen atoms in total. The monoisotopic (exact) mass is 302 g/mol. The van der Waals surface area contributed by atoms with Crippen molar-refractivity contribution in [2.24, 2.45) is 0 Å². The standard InChI is InChI=1S/C15H10O5S/c16-8-5-10(17)12-11(6-8)20-15(14(19)13(12)18)7-1-3-9(21)4-2-7/h1-6,16-17,19,21H. The Kier molecular flexibility index (Phi) is 3.03. The van der Waals surface area contributed by atoms with Gasteiger partial charge in [-0.25, -0.2) is 0 Å². The number of hydrogen-bond donors (Lipinski definition) is 4. The van der Waals surface area contributed by atoms with Crippen molar-refractivity contribution >= 4 is 23.6 Å². The fourth-order valence-electron chi connectivity index (χ4n) is 2.08. The van der Waals surface area contributed by atoms with Gasteiger partial charge in [0.15, 0.2) is 5.76 Å². The topological polar surface area (TPSA) is 90.9 Å². The minimum absolute atomic E-state index is 0.0137.